The first kappa shape index (κ1) is 15.5. The van der Waals surface area contributed by atoms with E-state index >= 15 is 0 Å². The van der Waals surface area contributed by atoms with E-state index in [9.17, 15) is 0 Å². The second-order valence-electron chi connectivity index (χ2n) is 5.52. The molecule has 0 amide bonds. The number of ether oxygens (including phenoxy) is 1. The van der Waals surface area contributed by atoms with Crippen molar-refractivity contribution in [2.24, 2.45) is 0 Å². The molecular formula is C18H24N2O. The van der Waals surface area contributed by atoms with E-state index in [4.69, 9.17) is 4.74 Å². The highest BCUT2D eigenvalue weighted by Crippen LogP contribution is 2.23. The molecule has 0 radical (unpaired) electrons. The Morgan fingerprint density at radius 3 is 2.71 bits per heavy atom. The van der Waals surface area contributed by atoms with Gasteiger partial charge in [0.2, 0.25) is 0 Å². The smallest absolute Gasteiger partial charge is 0.126 e. The minimum Gasteiger partial charge on any atom is -0.493 e. The molecule has 0 aliphatic rings. The van der Waals surface area contributed by atoms with Gasteiger partial charge in [0.1, 0.15) is 5.75 Å². The van der Waals surface area contributed by atoms with Crippen LogP contribution in [-0.4, -0.2) is 17.6 Å². The number of hydrogen-bond acceptors (Lipinski definition) is 3. The van der Waals surface area contributed by atoms with Gasteiger partial charge in [-0.3, -0.25) is 4.98 Å². The summed E-state index contributed by atoms with van der Waals surface area (Å²) in [6, 6.07) is 12.7. The maximum atomic E-state index is 6.02. The number of hydrogen-bond donors (Lipinski definition) is 1. The summed E-state index contributed by atoms with van der Waals surface area (Å²) in [7, 11) is 0. The number of nitrogens with one attached hydrogen (secondary N) is 1. The molecule has 0 saturated heterocycles. The van der Waals surface area contributed by atoms with E-state index in [0.29, 0.717) is 12.6 Å². The first-order chi connectivity index (χ1) is 10.2. The molecule has 0 unspecified atom stereocenters. The third kappa shape index (κ3) is 4.87. The summed E-state index contributed by atoms with van der Waals surface area (Å²) >= 11 is 0. The van der Waals surface area contributed by atoms with Crippen LogP contribution in [0.3, 0.4) is 0 Å². The van der Waals surface area contributed by atoms with Crippen LogP contribution in [0.2, 0.25) is 0 Å². The zero-order chi connectivity index (χ0) is 15.1. The topological polar surface area (TPSA) is 34.1 Å². The van der Waals surface area contributed by atoms with E-state index in [2.05, 4.69) is 49.3 Å². The Morgan fingerprint density at radius 1 is 1.14 bits per heavy atom. The van der Waals surface area contributed by atoms with Crippen LogP contribution in [-0.2, 0) is 13.0 Å². The fourth-order valence-electron chi connectivity index (χ4n) is 2.18. The van der Waals surface area contributed by atoms with Gasteiger partial charge in [-0.25, -0.2) is 0 Å². The lowest BCUT2D eigenvalue weighted by atomic mass is 10.1. The Labute approximate surface area is 127 Å². The molecule has 0 aliphatic carbocycles. The molecule has 1 heterocycles. The highest BCUT2D eigenvalue weighted by atomic mass is 16.5. The minimum absolute atomic E-state index is 0.465. The number of aromatic nitrogens is 1. The van der Waals surface area contributed by atoms with Crippen LogP contribution in [0.4, 0.5) is 0 Å². The van der Waals surface area contributed by atoms with E-state index in [1.54, 1.807) is 0 Å². The zero-order valence-electron chi connectivity index (χ0n) is 13.1. The van der Waals surface area contributed by atoms with Crippen molar-refractivity contribution in [1.29, 1.82) is 0 Å². The summed E-state index contributed by atoms with van der Waals surface area (Å²) in [6.07, 6.45) is 2.65. The summed E-state index contributed by atoms with van der Waals surface area (Å²) in [5.41, 5.74) is 3.46. The largest absolute Gasteiger partial charge is 0.493 e. The molecule has 0 aliphatic heterocycles. The zero-order valence-corrected chi connectivity index (χ0v) is 13.1. The van der Waals surface area contributed by atoms with E-state index < -0.39 is 0 Å². The molecule has 1 aromatic heterocycles. The Morgan fingerprint density at radius 2 is 2.00 bits per heavy atom. The maximum Gasteiger partial charge on any atom is 0.126 e. The molecule has 2 aromatic rings. The fraction of sp³-hybridized carbons (Fsp3) is 0.389. The van der Waals surface area contributed by atoms with Crippen molar-refractivity contribution in [3.63, 3.8) is 0 Å². The van der Waals surface area contributed by atoms with Gasteiger partial charge in [0.15, 0.2) is 0 Å². The van der Waals surface area contributed by atoms with Crippen molar-refractivity contribution in [1.82, 2.24) is 10.3 Å². The molecule has 0 saturated carbocycles. The number of rotatable bonds is 7. The van der Waals surface area contributed by atoms with E-state index in [1.807, 2.05) is 24.4 Å². The lowest BCUT2D eigenvalue weighted by molar-refractivity contribution is 0.314. The van der Waals surface area contributed by atoms with Crippen LogP contribution >= 0.6 is 0 Å². The summed E-state index contributed by atoms with van der Waals surface area (Å²) in [6.45, 7) is 7.87. The van der Waals surface area contributed by atoms with E-state index in [1.165, 1.54) is 11.1 Å². The van der Waals surface area contributed by atoms with Gasteiger partial charge in [-0.2, -0.15) is 0 Å². The van der Waals surface area contributed by atoms with Crippen LogP contribution in [0.5, 0.6) is 5.75 Å². The van der Waals surface area contributed by atoms with Gasteiger partial charge in [0.05, 0.1) is 6.61 Å². The van der Waals surface area contributed by atoms with Crippen LogP contribution in [0.15, 0.2) is 42.6 Å². The molecule has 1 aromatic carbocycles. The van der Waals surface area contributed by atoms with Crippen molar-refractivity contribution < 1.29 is 4.74 Å². The molecule has 0 fully saturated rings. The van der Waals surface area contributed by atoms with Crippen LogP contribution in [0.1, 0.15) is 30.7 Å². The monoisotopic (exact) mass is 284 g/mol. The van der Waals surface area contributed by atoms with Crippen molar-refractivity contribution >= 4 is 0 Å². The molecule has 0 atom stereocenters. The molecule has 3 heteroatoms. The standard InChI is InChI=1S/C18H24N2O/c1-14(2)20-13-16-8-6-7-15(3)18(16)21-12-10-17-9-4-5-11-19-17/h4-9,11,14,20H,10,12-13H2,1-3H3. The van der Waals surface area contributed by atoms with Crippen molar-refractivity contribution in [2.75, 3.05) is 6.61 Å². The van der Waals surface area contributed by atoms with Crippen LogP contribution < -0.4 is 10.1 Å². The predicted molar refractivity (Wildman–Crippen MR) is 86.6 cm³/mol. The van der Waals surface area contributed by atoms with Gasteiger partial charge < -0.3 is 10.1 Å². The van der Waals surface area contributed by atoms with Gasteiger partial charge in [-0.15, -0.1) is 0 Å². The SMILES string of the molecule is Cc1cccc(CNC(C)C)c1OCCc1ccccn1. The Hall–Kier alpha value is -1.87. The molecule has 21 heavy (non-hydrogen) atoms. The maximum absolute atomic E-state index is 6.02. The third-order valence-electron chi connectivity index (χ3n) is 3.32. The molecule has 0 spiro atoms. The summed E-state index contributed by atoms with van der Waals surface area (Å²) in [4.78, 5) is 4.32. The van der Waals surface area contributed by atoms with E-state index in [-0.39, 0.29) is 0 Å². The lowest BCUT2D eigenvalue weighted by Gasteiger charge is -2.16. The van der Waals surface area contributed by atoms with Crippen LogP contribution in [0, 0.1) is 6.92 Å². The highest BCUT2D eigenvalue weighted by molar-refractivity contribution is 5.40. The second kappa shape index (κ2) is 7.79. The Balaban J connectivity index is 1.98. The number of aryl methyl sites for hydroxylation is 1. The fourth-order valence-corrected chi connectivity index (χ4v) is 2.18. The summed E-state index contributed by atoms with van der Waals surface area (Å²) < 4.78 is 6.02. The molecule has 3 nitrogen and oxygen atoms in total. The summed E-state index contributed by atoms with van der Waals surface area (Å²) in [5.74, 6) is 1.00. The number of para-hydroxylation sites is 1. The molecule has 1 N–H and O–H groups in total. The molecule has 112 valence electrons. The number of nitrogens with zero attached hydrogens (tertiary/aromatic N) is 1. The van der Waals surface area contributed by atoms with Crippen molar-refractivity contribution in [3.05, 3.63) is 59.4 Å². The molecule has 0 bridgehead atoms. The first-order valence-electron chi connectivity index (χ1n) is 7.51. The quantitative estimate of drug-likeness (QED) is 0.845. The predicted octanol–water partition coefficient (Wildman–Crippen LogP) is 3.51. The highest BCUT2D eigenvalue weighted by Gasteiger charge is 2.07. The van der Waals surface area contributed by atoms with Crippen LogP contribution in [0.25, 0.3) is 0 Å². The average Bonchev–Trinajstić information content (AvgIpc) is 2.48. The summed E-state index contributed by atoms with van der Waals surface area (Å²) in [5, 5.41) is 3.45. The normalized spacial score (nSPS) is 10.9. The van der Waals surface area contributed by atoms with Gasteiger partial charge in [0.25, 0.3) is 0 Å². The van der Waals surface area contributed by atoms with Gasteiger partial charge in [0, 0.05) is 36.5 Å². The van der Waals surface area contributed by atoms with Crippen molar-refractivity contribution in [2.45, 2.75) is 39.8 Å². The number of pyridine rings is 1. The lowest BCUT2D eigenvalue weighted by Crippen LogP contribution is -2.22. The van der Waals surface area contributed by atoms with E-state index in [0.717, 1.165) is 24.4 Å². The van der Waals surface area contributed by atoms with Gasteiger partial charge in [-0.05, 0) is 24.6 Å². The second-order valence-corrected chi connectivity index (χ2v) is 5.52. The minimum atomic E-state index is 0.465. The van der Waals surface area contributed by atoms with Gasteiger partial charge >= 0.3 is 0 Å². The molecular weight excluding hydrogens is 260 g/mol. The Kier molecular flexibility index (Phi) is 5.76. The van der Waals surface area contributed by atoms with Gasteiger partial charge in [-0.1, -0.05) is 38.1 Å². The third-order valence-corrected chi connectivity index (χ3v) is 3.32. The first-order valence-corrected chi connectivity index (χ1v) is 7.51. The molecule has 2 rings (SSSR count). The van der Waals surface area contributed by atoms with Crippen molar-refractivity contribution in [3.8, 4) is 5.75 Å². The Bertz CT molecular complexity index is 552. The number of benzene rings is 1. The average molecular weight is 284 g/mol.